The summed E-state index contributed by atoms with van der Waals surface area (Å²) in [6.07, 6.45) is 4.29. The number of aromatic nitrogens is 3. The summed E-state index contributed by atoms with van der Waals surface area (Å²) >= 11 is 0. The molecule has 0 saturated heterocycles. The van der Waals surface area contributed by atoms with Gasteiger partial charge in [0.25, 0.3) is 0 Å². The van der Waals surface area contributed by atoms with E-state index in [1.165, 1.54) is 0 Å². The van der Waals surface area contributed by atoms with Crippen molar-refractivity contribution in [1.82, 2.24) is 20.1 Å². The van der Waals surface area contributed by atoms with Gasteiger partial charge in [-0.1, -0.05) is 24.3 Å². The predicted octanol–water partition coefficient (Wildman–Crippen LogP) is 2.69. The van der Waals surface area contributed by atoms with Crippen molar-refractivity contribution in [2.24, 2.45) is 0 Å². The van der Waals surface area contributed by atoms with Gasteiger partial charge in [0.2, 0.25) is 5.91 Å². The first-order valence-corrected chi connectivity index (χ1v) is 7.92. The van der Waals surface area contributed by atoms with Gasteiger partial charge in [-0.15, -0.1) is 0 Å². The van der Waals surface area contributed by atoms with E-state index in [1.807, 2.05) is 47.4 Å². The quantitative estimate of drug-likeness (QED) is 0.788. The molecular weight excluding hydrogens is 288 g/mol. The molecular formula is C18H18N4O. The lowest BCUT2D eigenvalue weighted by atomic mass is 10.1. The number of nitrogens with one attached hydrogen (secondary N) is 1. The molecule has 1 aliphatic carbocycles. The number of amides is 1. The van der Waals surface area contributed by atoms with E-state index in [4.69, 9.17) is 0 Å². The molecule has 0 bridgehead atoms. The summed E-state index contributed by atoms with van der Waals surface area (Å²) in [5.41, 5.74) is 2.72. The van der Waals surface area contributed by atoms with E-state index in [0.717, 1.165) is 35.1 Å². The van der Waals surface area contributed by atoms with Crippen molar-refractivity contribution in [3.63, 3.8) is 0 Å². The van der Waals surface area contributed by atoms with Crippen molar-refractivity contribution in [2.45, 2.75) is 31.8 Å². The molecule has 1 amide bonds. The van der Waals surface area contributed by atoms with E-state index in [0.29, 0.717) is 19.0 Å². The number of pyridine rings is 1. The molecule has 0 atom stereocenters. The van der Waals surface area contributed by atoms with Gasteiger partial charge in [0.15, 0.2) is 0 Å². The third-order valence-corrected chi connectivity index (χ3v) is 4.23. The molecule has 0 radical (unpaired) electrons. The molecule has 4 rings (SSSR count). The van der Waals surface area contributed by atoms with Crippen LogP contribution >= 0.6 is 0 Å². The lowest BCUT2D eigenvalue weighted by molar-refractivity contribution is -0.131. The lowest BCUT2D eigenvalue weighted by Crippen LogP contribution is -2.34. The summed E-state index contributed by atoms with van der Waals surface area (Å²) in [4.78, 5) is 19.1. The number of nitrogens with zero attached hydrogens (tertiary/aromatic N) is 3. The molecule has 116 valence electrons. The van der Waals surface area contributed by atoms with E-state index in [-0.39, 0.29) is 5.91 Å². The van der Waals surface area contributed by atoms with E-state index >= 15 is 0 Å². The molecule has 2 heterocycles. The van der Waals surface area contributed by atoms with Crippen LogP contribution in [-0.2, 0) is 17.8 Å². The van der Waals surface area contributed by atoms with Crippen LogP contribution in [0.5, 0.6) is 0 Å². The SMILES string of the molecule is O=C(Cc1[nH]nc2ccccc12)N(Cc1ccccn1)C1CC1. The van der Waals surface area contributed by atoms with Gasteiger partial charge < -0.3 is 4.90 Å². The second-order valence-electron chi connectivity index (χ2n) is 5.97. The monoisotopic (exact) mass is 306 g/mol. The van der Waals surface area contributed by atoms with E-state index in [9.17, 15) is 4.79 Å². The van der Waals surface area contributed by atoms with Gasteiger partial charge >= 0.3 is 0 Å². The van der Waals surface area contributed by atoms with Gasteiger partial charge in [-0.3, -0.25) is 14.9 Å². The predicted molar refractivity (Wildman–Crippen MR) is 87.6 cm³/mol. The molecule has 1 saturated carbocycles. The van der Waals surface area contributed by atoms with Crippen molar-refractivity contribution in [3.05, 3.63) is 60.0 Å². The first-order chi connectivity index (χ1) is 11.3. The fourth-order valence-corrected chi connectivity index (χ4v) is 2.88. The van der Waals surface area contributed by atoms with Crippen molar-refractivity contribution < 1.29 is 4.79 Å². The van der Waals surface area contributed by atoms with Crippen LogP contribution in [0.15, 0.2) is 48.7 Å². The van der Waals surface area contributed by atoms with Gasteiger partial charge in [-0.25, -0.2) is 0 Å². The zero-order chi connectivity index (χ0) is 15.6. The highest BCUT2D eigenvalue weighted by Gasteiger charge is 2.33. The minimum Gasteiger partial charge on any atom is -0.333 e. The summed E-state index contributed by atoms with van der Waals surface area (Å²) < 4.78 is 0. The molecule has 1 N–H and O–H groups in total. The van der Waals surface area contributed by atoms with E-state index in [1.54, 1.807) is 6.20 Å². The maximum Gasteiger partial charge on any atom is 0.229 e. The van der Waals surface area contributed by atoms with E-state index < -0.39 is 0 Å². The van der Waals surface area contributed by atoms with Crippen LogP contribution in [0, 0.1) is 0 Å². The fourth-order valence-electron chi connectivity index (χ4n) is 2.88. The smallest absolute Gasteiger partial charge is 0.229 e. The first-order valence-electron chi connectivity index (χ1n) is 7.92. The Bertz CT molecular complexity index is 823. The second-order valence-corrected chi connectivity index (χ2v) is 5.97. The van der Waals surface area contributed by atoms with Gasteiger partial charge in [-0.2, -0.15) is 5.10 Å². The minimum absolute atomic E-state index is 0.132. The van der Waals surface area contributed by atoms with Crippen molar-refractivity contribution >= 4 is 16.8 Å². The number of carbonyl (C=O) groups excluding carboxylic acids is 1. The van der Waals surface area contributed by atoms with Crippen LogP contribution in [0.4, 0.5) is 0 Å². The molecule has 5 heteroatoms. The summed E-state index contributed by atoms with van der Waals surface area (Å²) in [5, 5.41) is 8.30. The Kier molecular flexibility index (Phi) is 3.54. The van der Waals surface area contributed by atoms with E-state index in [2.05, 4.69) is 15.2 Å². The van der Waals surface area contributed by atoms with Crippen LogP contribution in [0.25, 0.3) is 10.9 Å². The lowest BCUT2D eigenvalue weighted by Gasteiger charge is -2.22. The summed E-state index contributed by atoms with van der Waals surface area (Å²) in [6.45, 7) is 0.580. The molecule has 1 fully saturated rings. The average Bonchev–Trinajstić information content (AvgIpc) is 3.35. The summed E-state index contributed by atoms with van der Waals surface area (Å²) in [7, 11) is 0. The zero-order valence-corrected chi connectivity index (χ0v) is 12.8. The molecule has 0 unspecified atom stereocenters. The van der Waals surface area contributed by atoms with Crippen LogP contribution in [0.2, 0.25) is 0 Å². The number of aromatic amines is 1. The molecule has 0 aliphatic heterocycles. The van der Waals surface area contributed by atoms with Crippen molar-refractivity contribution in [2.75, 3.05) is 0 Å². The van der Waals surface area contributed by atoms with Gasteiger partial charge in [0.1, 0.15) is 0 Å². The molecule has 1 aromatic carbocycles. The number of hydrogen-bond donors (Lipinski definition) is 1. The number of rotatable bonds is 5. The molecule has 0 spiro atoms. The maximum atomic E-state index is 12.8. The summed E-state index contributed by atoms with van der Waals surface area (Å²) in [6, 6.07) is 14.1. The second kappa shape index (κ2) is 5.83. The molecule has 2 aromatic heterocycles. The Labute approximate surface area is 134 Å². The minimum atomic E-state index is 0.132. The molecule has 1 aliphatic rings. The normalized spacial score (nSPS) is 14.1. The zero-order valence-electron chi connectivity index (χ0n) is 12.8. The van der Waals surface area contributed by atoms with Gasteiger partial charge in [0, 0.05) is 17.6 Å². The standard InChI is InChI=1S/C18H18N4O/c23-18(11-17-15-6-1-2-7-16(15)20-21-17)22(14-8-9-14)12-13-5-3-4-10-19-13/h1-7,10,14H,8-9,11-12H2,(H,20,21). The number of carbonyl (C=O) groups is 1. The number of H-pyrrole nitrogens is 1. The Morgan fingerprint density at radius 1 is 1.17 bits per heavy atom. The van der Waals surface area contributed by atoms with Crippen LogP contribution < -0.4 is 0 Å². The first kappa shape index (κ1) is 13.9. The highest BCUT2D eigenvalue weighted by atomic mass is 16.2. The molecule has 23 heavy (non-hydrogen) atoms. The fraction of sp³-hybridized carbons (Fsp3) is 0.278. The summed E-state index contributed by atoms with van der Waals surface area (Å²) in [5.74, 6) is 0.132. The highest BCUT2D eigenvalue weighted by molar-refractivity contribution is 5.87. The Balaban J connectivity index is 1.54. The number of benzene rings is 1. The number of para-hydroxylation sites is 1. The maximum absolute atomic E-state index is 12.8. The number of hydrogen-bond acceptors (Lipinski definition) is 3. The Hall–Kier alpha value is -2.69. The topological polar surface area (TPSA) is 61.9 Å². The van der Waals surface area contributed by atoms with Crippen molar-refractivity contribution in [1.29, 1.82) is 0 Å². The highest BCUT2D eigenvalue weighted by Crippen LogP contribution is 2.29. The Morgan fingerprint density at radius 3 is 2.78 bits per heavy atom. The molecule has 3 aromatic rings. The van der Waals surface area contributed by atoms with Gasteiger partial charge in [-0.05, 0) is 31.0 Å². The van der Waals surface area contributed by atoms with Crippen molar-refractivity contribution in [3.8, 4) is 0 Å². The van der Waals surface area contributed by atoms with Crippen LogP contribution in [0.1, 0.15) is 24.2 Å². The number of fused-ring (bicyclic) bond motifs is 1. The van der Waals surface area contributed by atoms with Crippen LogP contribution in [0.3, 0.4) is 0 Å². The van der Waals surface area contributed by atoms with Gasteiger partial charge in [0.05, 0.1) is 29.9 Å². The average molecular weight is 306 g/mol. The third-order valence-electron chi connectivity index (χ3n) is 4.23. The van der Waals surface area contributed by atoms with Crippen LogP contribution in [-0.4, -0.2) is 32.0 Å². The molecule has 5 nitrogen and oxygen atoms in total. The third kappa shape index (κ3) is 2.95. The largest absolute Gasteiger partial charge is 0.333 e. The Morgan fingerprint density at radius 2 is 2.00 bits per heavy atom.